The molecule has 5 nitrogen and oxygen atoms in total. The highest BCUT2D eigenvalue weighted by Gasteiger charge is 2.25. The molecule has 2 N–H and O–H groups in total. The van der Waals surface area contributed by atoms with Crippen molar-refractivity contribution in [3.8, 4) is 0 Å². The van der Waals surface area contributed by atoms with E-state index in [0.29, 0.717) is 13.1 Å². The Balaban J connectivity index is 2.01. The van der Waals surface area contributed by atoms with Gasteiger partial charge in [-0.25, -0.2) is 0 Å². The number of rotatable bonds is 6. The Morgan fingerprint density at radius 1 is 1.25 bits per heavy atom. The summed E-state index contributed by atoms with van der Waals surface area (Å²) in [7, 11) is -3.41. The number of piperidine rings is 1. The monoisotopic (exact) mass is 297 g/mol. The molecule has 1 aliphatic heterocycles. The van der Waals surface area contributed by atoms with Gasteiger partial charge in [0.1, 0.15) is 0 Å². The third-order valence-electron chi connectivity index (χ3n) is 3.55. The number of benzene rings is 1. The Morgan fingerprint density at radius 2 is 1.90 bits per heavy atom. The van der Waals surface area contributed by atoms with E-state index in [9.17, 15) is 8.42 Å². The van der Waals surface area contributed by atoms with Gasteiger partial charge in [-0.3, -0.25) is 0 Å². The molecule has 0 bridgehead atoms. The predicted octanol–water partition coefficient (Wildman–Crippen LogP) is 1.09. The molecule has 1 saturated heterocycles. The summed E-state index contributed by atoms with van der Waals surface area (Å²) < 4.78 is 29.2. The van der Waals surface area contributed by atoms with Gasteiger partial charge >= 0.3 is 0 Å². The van der Waals surface area contributed by atoms with E-state index in [1.165, 1.54) is 4.31 Å². The van der Waals surface area contributed by atoms with E-state index in [4.69, 9.17) is 0 Å². The number of hydrogen-bond acceptors (Lipinski definition) is 3. The Bertz CT molecular complexity index is 498. The molecule has 0 spiro atoms. The molecule has 6 heteroatoms. The minimum atomic E-state index is -3.41. The van der Waals surface area contributed by atoms with Crippen molar-refractivity contribution < 1.29 is 8.42 Å². The van der Waals surface area contributed by atoms with Crippen LogP contribution in [0.3, 0.4) is 0 Å². The molecule has 0 radical (unpaired) electrons. The molecule has 20 heavy (non-hydrogen) atoms. The van der Waals surface area contributed by atoms with E-state index < -0.39 is 10.2 Å². The molecular weight excluding hydrogens is 274 g/mol. The van der Waals surface area contributed by atoms with Crippen molar-refractivity contribution in [1.29, 1.82) is 0 Å². The van der Waals surface area contributed by atoms with Crippen molar-refractivity contribution in [2.45, 2.75) is 32.4 Å². The van der Waals surface area contributed by atoms with Gasteiger partial charge in [0.05, 0.1) is 0 Å². The molecule has 1 aromatic rings. The van der Waals surface area contributed by atoms with Gasteiger partial charge in [-0.05, 0) is 31.5 Å². The molecule has 1 heterocycles. The molecule has 2 rings (SSSR count). The highest BCUT2D eigenvalue weighted by Crippen LogP contribution is 2.11. The maximum Gasteiger partial charge on any atom is 0.279 e. The van der Waals surface area contributed by atoms with E-state index in [0.717, 1.165) is 31.5 Å². The van der Waals surface area contributed by atoms with Crippen molar-refractivity contribution in [1.82, 2.24) is 14.3 Å². The molecule has 0 atom stereocenters. The Hall–Kier alpha value is -0.950. The van der Waals surface area contributed by atoms with E-state index in [2.05, 4.69) is 10.0 Å². The standard InChI is InChI=1S/C14H23N3O2S/c1-2-17(12-13-6-4-3-5-7-13)20(18,19)16-14-8-10-15-11-9-14/h3-7,14-16H,2,8-12H2,1H3. The fourth-order valence-electron chi connectivity index (χ4n) is 2.38. The zero-order valence-electron chi connectivity index (χ0n) is 11.9. The van der Waals surface area contributed by atoms with Gasteiger partial charge < -0.3 is 5.32 Å². The predicted molar refractivity (Wildman–Crippen MR) is 80.5 cm³/mol. The van der Waals surface area contributed by atoms with Gasteiger partial charge in [0, 0.05) is 19.1 Å². The highest BCUT2D eigenvalue weighted by atomic mass is 32.2. The smallest absolute Gasteiger partial charge is 0.279 e. The summed E-state index contributed by atoms with van der Waals surface area (Å²) in [6.07, 6.45) is 1.70. The first-order valence-corrected chi connectivity index (χ1v) is 8.58. The van der Waals surface area contributed by atoms with E-state index >= 15 is 0 Å². The minimum Gasteiger partial charge on any atom is -0.317 e. The second-order valence-corrected chi connectivity index (χ2v) is 6.76. The van der Waals surface area contributed by atoms with Crippen LogP contribution in [0, 0.1) is 0 Å². The van der Waals surface area contributed by atoms with Crippen LogP contribution in [0.25, 0.3) is 0 Å². The maximum atomic E-state index is 12.4. The van der Waals surface area contributed by atoms with Crippen LogP contribution in [0.1, 0.15) is 25.3 Å². The van der Waals surface area contributed by atoms with Gasteiger partial charge in [0.2, 0.25) is 0 Å². The molecule has 0 amide bonds. The zero-order valence-corrected chi connectivity index (χ0v) is 12.7. The van der Waals surface area contributed by atoms with Gasteiger partial charge in [0.25, 0.3) is 10.2 Å². The third kappa shape index (κ3) is 4.28. The summed E-state index contributed by atoms with van der Waals surface area (Å²) in [6.45, 7) is 4.49. The molecule has 0 saturated carbocycles. The second kappa shape index (κ2) is 7.17. The fourth-order valence-corrected chi connectivity index (χ4v) is 3.84. The molecule has 1 fully saturated rings. The van der Waals surface area contributed by atoms with Gasteiger partial charge in [-0.2, -0.15) is 17.4 Å². The first kappa shape index (κ1) is 15.4. The summed E-state index contributed by atoms with van der Waals surface area (Å²) in [4.78, 5) is 0. The Labute approximate surface area is 121 Å². The molecule has 112 valence electrons. The summed E-state index contributed by atoms with van der Waals surface area (Å²) in [5.74, 6) is 0. The lowest BCUT2D eigenvalue weighted by molar-refractivity contribution is 0.382. The Kier molecular flexibility index (Phi) is 5.54. The number of nitrogens with zero attached hydrogens (tertiary/aromatic N) is 1. The lowest BCUT2D eigenvalue weighted by Gasteiger charge is -2.27. The summed E-state index contributed by atoms with van der Waals surface area (Å²) in [5.41, 5.74) is 1.00. The zero-order chi connectivity index (χ0) is 14.4. The quantitative estimate of drug-likeness (QED) is 0.826. The molecule has 1 aromatic carbocycles. The van der Waals surface area contributed by atoms with Gasteiger partial charge in [-0.1, -0.05) is 37.3 Å². The van der Waals surface area contributed by atoms with Crippen LogP contribution in [-0.2, 0) is 16.8 Å². The first-order chi connectivity index (χ1) is 9.62. The van der Waals surface area contributed by atoms with Crippen molar-refractivity contribution >= 4 is 10.2 Å². The van der Waals surface area contributed by atoms with Gasteiger partial charge in [-0.15, -0.1) is 0 Å². The normalized spacial score (nSPS) is 17.5. The first-order valence-electron chi connectivity index (χ1n) is 7.14. The topological polar surface area (TPSA) is 61.4 Å². The van der Waals surface area contributed by atoms with Crippen LogP contribution in [0.2, 0.25) is 0 Å². The lowest BCUT2D eigenvalue weighted by Crippen LogP contribution is -2.48. The summed E-state index contributed by atoms with van der Waals surface area (Å²) in [6, 6.07) is 9.73. The SMILES string of the molecule is CCN(Cc1ccccc1)S(=O)(=O)NC1CCNCC1. The van der Waals surface area contributed by atoms with Crippen LogP contribution in [0.4, 0.5) is 0 Å². The van der Waals surface area contributed by atoms with Crippen LogP contribution in [-0.4, -0.2) is 38.4 Å². The summed E-state index contributed by atoms with van der Waals surface area (Å²) in [5, 5.41) is 3.24. The average Bonchev–Trinajstić information content (AvgIpc) is 2.46. The Morgan fingerprint density at radius 3 is 2.50 bits per heavy atom. The van der Waals surface area contributed by atoms with Crippen LogP contribution in [0.15, 0.2) is 30.3 Å². The van der Waals surface area contributed by atoms with Crippen LogP contribution < -0.4 is 10.0 Å². The largest absolute Gasteiger partial charge is 0.317 e. The molecule has 0 unspecified atom stereocenters. The second-order valence-electron chi connectivity index (χ2n) is 5.06. The molecular formula is C14H23N3O2S. The van der Waals surface area contributed by atoms with Crippen LogP contribution in [0.5, 0.6) is 0 Å². The van der Waals surface area contributed by atoms with Crippen LogP contribution >= 0.6 is 0 Å². The van der Waals surface area contributed by atoms with Crippen molar-refractivity contribution in [3.63, 3.8) is 0 Å². The minimum absolute atomic E-state index is 0.0473. The van der Waals surface area contributed by atoms with Crippen molar-refractivity contribution in [3.05, 3.63) is 35.9 Å². The van der Waals surface area contributed by atoms with Crippen molar-refractivity contribution in [2.24, 2.45) is 0 Å². The molecule has 0 aromatic heterocycles. The molecule has 1 aliphatic rings. The van der Waals surface area contributed by atoms with E-state index in [1.807, 2.05) is 37.3 Å². The fraction of sp³-hybridized carbons (Fsp3) is 0.571. The van der Waals surface area contributed by atoms with E-state index in [1.54, 1.807) is 0 Å². The summed E-state index contributed by atoms with van der Waals surface area (Å²) >= 11 is 0. The maximum absolute atomic E-state index is 12.4. The number of hydrogen-bond donors (Lipinski definition) is 2. The lowest BCUT2D eigenvalue weighted by atomic mass is 10.1. The number of nitrogens with one attached hydrogen (secondary N) is 2. The van der Waals surface area contributed by atoms with E-state index in [-0.39, 0.29) is 6.04 Å². The van der Waals surface area contributed by atoms with Crippen molar-refractivity contribution in [2.75, 3.05) is 19.6 Å². The third-order valence-corrected chi connectivity index (χ3v) is 5.25. The average molecular weight is 297 g/mol. The van der Waals surface area contributed by atoms with Gasteiger partial charge in [0.15, 0.2) is 0 Å². The molecule has 0 aliphatic carbocycles. The highest BCUT2D eigenvalue weighted by molar-refractivity contribution is 7.87.